The third-order valence-electron chi connectivity index (χ3n) is 3.75. The summed E-state index contributed by atoms with van der Waals surface area (Å²) in [6.07, 6.45) is 5.09. The zero-order valence-electron chi connectivity index (χ0n) is 14.3. The van der Waals surface area contributed by atoms with Gasteiger partial charge in [-0.1, -0.05) is 38.3 Å². The first kappa shape index (κ1) is 17.9. The van der Waals surface area contributed by atoms with Crippen molar-refractivity contribution >= 4 is 17.3 Å². The molecule has 0 spiro atoms. The molecule has 0 fully saturated rings. The highest BCUT2D eigenvalue weighted by molar-refractivity contribution is 5.92. The molecule has 128 valence electrons. The number of hydrogen-bond donors (Lipinski definition) is 2. The molecule has 0 atom stereocenters. The summed E-state index contributed by atoms with van der Waals surface area (Å²) in [7, 11) is 0. The maximum atomic E-state index is 12.1. The van der Waals surface area contributed by atoms with Gasteiger partial charge in [0.25, 0.3) is 0 Å². The smallest absolute Gasteiger partial charge is 0.228 e. The molecule has 0 heterocycles. The Bertz CT molecular complexity index is 621. The second-order valence-corrected chi connectivity index (χ2v) is 5.90. The number of nitrogens with one attached hydrogen (secondary N) is 1. The SMILES string of the molecule is CCCCCCOc1ccc(NC(=O)Cc2ccc(N)cc2)cc1. The number of rotatable bonds is 9. The van der Waals surface area contributed by atoms with Crippen LogP contribution >= 0.6 is 0 Å². The molecule has 0 unspecified atom stereocenters. The second kappa shape index (κ2) is 9.60. The predicted octanol–water partition coefficient (Wildman–Crippen LogP) is 4.41. The minimum absolute atomic E-state index is 0.0481. The molecule has 4 nitrogen and oxygen atoms in total. The summed E-state index contributed by atoms with van der Waals surface area (Å²) in [5.74, 6) is 0.788. The Hall–Kier alpha value is -2.49. The number of nitrogen functional groups attached to an aromatic ring is 1. The van der Waals surface area contributed by atoms with Crippen LogP contribution in [0.5, 0.6) is 5.75 Å². The number of nitrogens with two attached hydrogens (primary N) is 1. The number of amides is 1. The zero-order valence-corrected chi connectivity index (χ0v) is 14.3. The largest absolute Gasteiger partial charge is 0.494 e. The molecule has 0 aliphatic heterocycles. The van der Waals surface area contributed by atoms with Crippen LogP contribution in [0, 0.1) is 0 Å². The van der Waals surface area contributed by atoms with Crippen LogP contribution in [0.25, 0.3) is 0 Å². The third kappa shape index (κ3) is 6.32. The molecule has 3 N–H and O–H groups in total. The van der Waals surface area contributed by atoms with E-state index in [1.54, 1.807) is 12.1 Å². The van der Waals surface area contributed by atoms with E-state index >= 15 is 0 Å². The molecular weight excluding hydrogens is 300 g/mol. The first-order chi connectivity index (χ1) is 11.7. The van der Waals surface area contributed by atoms with Crippen molar-refractivity contribution in [1.29, 1.82) is 0 Å². The molecular formula is C20H26N2O2. The van der Waals surface area contributed by atoms with E-state index in [9.17, 15) is 4.79 Å². The molecule has 0 aliphatic rings. The number of hydrogen-bond acceptors (Lipinski definition) is 3. The van der Waals surface area contributed by atoms with Crippen LogP contribution in [-0.2, 0) is 11.2 Å². The van der Waals surface area contributed by atoms with Gasteiger partial charge in [-0.2, -0.15) is 0 Å². The Kier molecular flexibility index (Phi) is 7.15. The van der Waals surface area contributed by atoms with Gasteiger partial charge in [-0.25, -0.2) is 0 Å². The number of carbonyl (C=O) groups is 1. The first-order valence-electron chi connectivity index (χ1n) is 8.54. The van der Waals surface area contributed by atoms with Crippen molar-refractivity contribution in [2.45, 2.75) is 39.0 Å². The molecule has 2 rings (SSSR count). The van der Waals surface area contributed by atoms with Gasteiger partial charge in [0.05, 0.1) is 13.0 Å². The Morgan fingerprint density at radius 3 is 2.38 bits per heavy atom. The van der Waals surface area contributed by atoms with Crippen molar-refractivity contribution in [1.82, 2.24) is 0 Å². The molecule has 0 saturated carbocycles. The minimum atomic E-state index is -0.0481. The number of carbonyl (C=O) groups excluding carboxylic acids is 1. The molecule has 0 aromatic heterocycles. The second-order valence-electron chi connectivity index (χ2n) is 5.90. The summed E-state index contributed by atoms with van der Waals surface area (Å²) in [6, 6.07) is 14.8. The fourth-order valence-electron chi connectivity index (χ4n) is 2.38. The molecule has 2 aromatic rings. The fraction of sp³-hybridized carbons (Fsp3) is 0.350. The van der Waals surface area contributed by atoms with Crippen molar-refractivity contribution < 1.29 is 9.53 Å². The van der Waals surface area contributed by atoms with Crippen molar-refractivity contribution in [3.05, 3.63) is 54.1 Å². The Morgan fingerprint density at radius 1 is 1.00 bits per heavy atom. The number of ether oxygens (including phenoxy) is 1. The van der Waals surface area contributed by atoms with Gasteiger partial charge in [0, 0.05) is 11.4 Å². The maximum absolute atomic E-state index is 12.1. The van der Waals surface area contributed by atoms with Gasteiger partial charge in [-0.15, -0.1) is 0 Å². The standard InChI is InChI=1S/C20H26N2O2/c1-2-3-4-5-14-24-19-12-10-18(11-13-19)22-20(23)15-16-6-8-17(21)9-7-16/h6-13H,2-5,14-15,21H2,1H3,(H,22,23). The van der Waals surface area contributed by atoms with Crippen molar-refractivity contribution in [3.63, 3.8) is 0 Å². The lowest BCUT2D eigenvalue weighted by Gasteiger charge is -2.08. The van der Waals surface area contributed by atoms with Crippen LogP contribution in [-0.4, -0.2) is 12.5 Å². The van der Waals surface area contributed by atoms with Crippen LogP contribution in [0.3, 0.4) is 0 Å². The van der Waals surface area contributed by atoms with Crippen LogP contribution in [0.15, 0.2) is 48.5 Å². The van der Waals surface area contributed by atoms with Gasteiger partial charge >= 0.3 is 0 Å². The monoisotopic (exact) mass is 326 g/mol. The van der Waals surface area contributed by atoms with Gasteiger partial charge in [-0.3, -0.25) is 4.79 Å². The number of anilines is 2. The van der Waals surface area contributed by atoms with Gasteiger partial charge < -0.3 is 15.8 Å². The molecule has 4 heteroatoms. The van der Waals surface area contributed by atoms with Gasteiger partial charge in [-0.05, 0) is 48.4 Å². The van der Waals surface area contributed by atoms with Crippen LogP contribution in [0.1, 0.15) is 38.2 Å². The summed E-state index contributed by atoms with van der Waals surface area (Å²) in [5.41, 5.74) is 8.05. The van der Waals surface area contributed by atoms with E-state index < -0.39 is 0 Å². The minimum Gasteiger partial charge on any atom is -0.494 e. The topological polar surface area (TPSA) is 64.3 Å². The van der Waals surface area contributed by atoms with Crippen molar-refractivity contribution in [2.75, 3.05) is 17.7 Å². The highest BCUT2D eigenvalue weighted by Crippen LogP contribution is 2.17. The van der Waals surface area contributed by atoms with Crippen molar-refractivity contribution in [2.24, 2.45) is 0 Å². The number of benzene rings is 2. The van der Waals surface area contributed by atoms with Gasteiger partial charge in [0.1, 0.15) is 5.75 Å². The van der Waals surface area contributed by atoms with Gasteiger partial charge in [0.15, 0.2) is 0 Å². The third-order valence-corrected chi connectivity index (χ3v) is 3.75. The summed E-state index contributed by atoms with van der Waals surface area (Å²) < 4.78 is 5.69. The van der Waals surface area contributed by atoms with Gasteiger partial charge in [0.2, 0.25) is 5.91 Å². The molecule has 1 amide bonds. The lowest BCUT2D eigenvalue weighted by atomic mass is 10.1. The molecule has 0 bridgehead atoms. The highest BCUT2D eigenvalue weighted by Gasteiger charge is 2.04. The Balaban J connectivity index is 1.76. The summed E-state index contributed by atoms with van der Waals surface area (Å²) >= 11 is 0. The molecule has 0 aliphatic carbocycles. The quantitative estimate of drug-likeness (QED) is 0.530. The lowest BCUT2D eigenvalue weighted by molar-refractivity contribution is -0.115. The van der Waals surface area contributed by atoms with Crippen LogP contribution in [0.4, 0.5) is 11.4 Å². The summed E-state index contributed by atoms with van der Waals surface area (Å²) in [6.45, 7) is 2.93. The van der Waals surface area contributed by atoms with Crippen molar-refractivity contribution in [3.8, 4) is 5.75 Å². The van der Waals surface area contributed by atoms with E-state index in [1.807, 2.05) is 36.4 Å². The van der Waals surface area contributed by atoms with E-state index in [-0.39, 0.29) is 5.91 Å². The van der Waals surface area contributed by atoms with E-state index in [4.69, 9.17) is 10.5 Å². The normalized spacial score (nSPS) is 10.4. The van der Waals surface area contributed by atoms with E-state index in [2.05, 4.69) is 12.2 Å². The molecule has 2 aromatic carbocycles. The molecule has 24 heavy (non-hydrogen) atoms. The van der Waals surface area contributed by atoms with E-state index in [0.29, 0.717) is 12.1 Å². The summed E-state index contributed by atoms with van der Waals surface area (Å²) in [5, 5.41) is 2.89. The fourth-order valence-corrected chi connectivity index (χ4v) is 2.38. The molecule has 0 saturated heterocycles. The predicted molar refractivity (Wildman–Crippen MR) is 99.3 cm³/mol. The average Bonchev–Trinajstić information content (AvgIpc) is 2.58. The molecule has 0 radical (unpaired) electrons. The maximum Gasteiger partial charge on any atom is 0.228 e. The van der Waals surface area contributed by atoms with Crippen LogP contribution < -0.4 is 15.8 Å². The van der Waals surface area contributed by atoms with E-state index in [1.165, 1.54) is 19.3 Å². The zero-order chi connectivity index (χ0) is 17.2. The highest BCUT2D eigenvalue weighted by atomic mass is 16.5. The lowest BCUT2D eigenvalue weighted by Crippen LogP contribution is -2.14. The van der Waals surface area contributed by atoms with Crippen LogP contribution in [0.2, 0.25) is 0 Å². The number of unbranched alkanes of at least 4 members (excludes halogenated alkanes) is 3. The Labute approximate surface area is 144 Å². The first-order valence-corrected chi connectivity index (χ1v) is 8.54. The van der Waals surface area contributed by atoms with E-state index in [0.717, 1.165) is 30.0 Å². The Morgan fingerprint density at radius 2 is 1.71 bits per heavy atom. The average molecular weight is 326 g/mol. The summed E-state index contributed by atoms with van der Waals surface area (Å²) in [4.78, 5) is 12.1.